The van der Waals surface area contributed by atoms with Gasteiger partial charge in [-0.05, 0) is 30.4 Å². The molecular formula is C14H20N2S. The molecule has 2 rings (SSSR count). The van der Waals surface area contributed by atoms with Crippen LogP contribution in [0.15, 0.2) is 24.3 Å². The van der Waals surface area contributed by atoms with Crippen molar-refractivity contribution in [2.75, 3.05) is 18.0 Å². The van der Waals surface area contributed by atoms with Crippen LogP contribution >= 0.6 is 12.2 Å². The van der Waals surface area contributed by atoms with E-state index < -0.39 is 0 Å². The number of rotatable bonds is 3. The van der Waals surface area contributed by atoms with E-state index in [0.717, 1.165) is 30.5 Å². The first kappa shape index (κ1) is 12.4. The molecule has 1 unspecified atom stereocenters. The number of nitrogens with two attached hydrogens (primary N) is 1. The first-order valence-corrected chi connectivity index (χ1v) is 6.64. The summed E-state index contributed by atoms with van der Waals surface area (Å²) in [6.45, 7) is 6.83. The van der Waals surface area contributed by atoms with Crippen LogP contribution < -0.4 is 10.6 Å². The van der Waals surface area contributed by atoms with Gasteiger partial charge >= 0.3 is 0 Å². The summed E-state index contributed by atoms with van der Waals surface area (Å²) < 4.78 is 0. The minimum Gasteiger partial charge on any atom is -0.389 e. The standard InChI is InChI=1S/C14H20N2S/c1-10(2)11-7-8-16(9-11)13-6-4-3-5-12(13)14(15)17/h3-6,10-11H,7-9H2,1-2H3,(H2,15,17). The Labute approximate surface area is 109 Å². The van der Waals surface area contributed by atoms with Crippen LogP contribution in [0.25, 0.3) is 0 Å². The van der Waals surface area contributed by atoms with Gasteiger partial charge in [0.2, 0.25) is 0 Å². The van der Waals surface area contributed by atoms with Crippen molar-refractivity contribution in [3.05, 3.63) is 29.8 Å². The SMILES string of the molecule is CC(C)C1CCN(c2ccccc2C(N)=S)C1. The lowest BCUT2D eigenvalue weighted by Gasteiger charge is -2.22. The molecule has 1 aromatic rings. The van der Waals surface area contributed by atoms with Crippen LogP contribution in [0.1, 0.15) is 25.8 Å². The molecule has 1 atom stereocenters. The van der Waals surface area contributed by atoms with Crippen LogP contribution in [0.2, 0.25) is 0 Å². The predicted octanol–water partition coefficient (Wildman–Crippen LogP) is 2.80. The summed E-state index contributed by atoms with van der Waals surface area (Å²) in [5.74, 6) is 1.53. The van der Waals surface area contributed by atoms with Crippen molar-refractivity contribution in [1.82, 2.24) is 0 Å². The fourth-order valence-corrected chi connectivity index (χ4v) is 2.68. The summed E-state index contributed by atoms with van der Waals surface area (Å²) in [6, 6.07) is 8.19. The molecule has 17 heavy (non-hydrogen) atoms. The fraction of sp³-hybridized carbons (Fsp3) is 0.500. The summed E-state index contributed by atoms with van der Waals surface area (Å²) >= 11 is 5.12. The second-order valence-electron chi connectivity index (χ2n) is 5.12. The molecule has 1 heterocycles. The van der Waals surface area contributed by atoms with Crippen LogP contribution in [-0.4, -0.2) is 18.1 Å². The molecule has 0 bridgehead atoms. The molecule has 1 saturated heterocycles. The number of benzene rings is 1. The third-order valence-electron chi connectivity index (χ3n) is 3.68. The topological polar surface area (TPSA) is 29.3 Å². The number of hydrogen-bond acceptors (Lipinski definition) is 2. The third-order valence-corrected chi connectivity index (χ3v) is 3.90. The van der Waals surface area contributed by atoms with Crippen LogP contribution in [0, 0.1) is 11.8 Å². The Morgan fingerprint density at radius 1 is 1.41 bits per heavy atom. The number of para-hydroxylation sites is 1. The van der Waals surface area contributed by atoms with Gasteiger partial charge in [-0.3, -0.25) is 0 Å². The molecule has 1 aliphatic rings. The predicted molar refractivity (Wildman–Crippen MR) is 77.5 cm³/mol. The van der Waals surface area contributed by atoms with E-state index in [1.54, 1.807) is 0 Å². The highest BCUT2D eigenvalue weighted by Gasteiger charge is 2.26. The second-order valence-corrected chi connectivity index (χ2v) is 5.56. The summed E-state index contributed by atoms with van der Waals surface area (Å²) in [5.41, 5.74) is 7.99. The van der Waals surface area contributed by atoms with Gasteiger partial charge in [-0.25, -0.2) is 0 Å². The molecule has 0 saturated carbocycles. The maximum absolute atomic E-state index is 5.78. The van der Waals surface area contributed by atoms with Gasteiger partial charge in [0.1, 0.15) is 4.99 Å². The maximum Gasteiger partial charge on any atom is 0.106 e. The molecule has 3 heteroatoms. The van der Waals surface area contributed by atoms with Crippen LogP contribution in [0.5, 0.6) is 0 Å². The quantitative estimate of drug-likeness (QED) is 0.834. The Kier molecular flexibility index (Phi) is 3.67. The van der Waals surface area contributed by atoms with Crippen molar-refractivity contribution in [1.29, 1.82) is 0 Å². The summed E-state index contributed by atoms with van der Waals surface area (Å²) in [5, 5.41) is 0. The molecular weight excluding hydrogens is 228 g/mol. The molecule has 2 N–H and O–H groups in total. The molecule has 0 radical (unpaired) electrons. The largest absolute Gasteiger partial charge is 0.389 e. The zero-order chi connectivity index (χ0) is 12.4. The van der Waals surface area contributed by atoms with Gasteiger partial charge in [-0.15, -0.1) is 0 Å². The highest BCUT2D eigenvalue weighted by Crippen LogP contribution is 2.30. The molecule has 0 amide bonds. The zero-order valence-electron chi connectivity index (χ0n) is 10.5. The number of nitrogens with zero attached hydrogens (tertiary/aromatic N) is 1. The fourth-order valence-electron chi connectivity index (χ4n) is 2.51. The normalized spacial score (nSPS) is 19.9. The van der Waals surface area contributed by atoms with E-state index in [1.807, 2.05) is 12.1 Å². The molecule has 2 nitrogen and oxygen atoms in total. The number of hydrogen-bond donors (Lipinski definition) is 1. The average molecular weight is 248 g/mol. The molecule has 0 aliphatic carbocycles. The van der Waals surface area contributed by atoms with Crippen molar-refractivity contribution < 1.29 is 0 Å². The van der Waals surface area contributed by atoms with E-state index in [1.165, 1.54) is 12.1 Å². The zero-order valence-corrected chi connectivity index (χ0v) is 11.3. The van der Waals surface area contributed by atoms with E-state index in [4.69, 9.17) is 18.0 Å². The minimum atomic E-state index is 0.494. The van der Waals surface area contributed by atoms with Gasteiger partial charge in [0.15, 0.2) is 0 Å². The van der Waals surface area contributed by atoms with Gasteiger partial charge in [0.25, 0.3) is 0 Å². The Bertz CT molecular complexity index is 414. The smallest absolute Gasteiger partial charge is 0.106 e. The monoisotopic (exact) mass is 248 g/mol. The second kappa shape index (κ2) is 5.05. The van der Waals surface area contributed by atoms with Crippen LogP contribution in [0.3, 0.4) is 0 Å². The van der Waals surface area contributed by atoms with Gasteiger partial charge in [-0.2, -0.15) is 0 Å². The van der Waals surface area contributed by atoms with Crippen molar-refractivity contribution in [3.8, 4) is 0 Å². The summed E-state index contributed by atoms with van der Waals surface area (Å²) in [6.07, 6.45) is 1.27. The lowest BCUT2D eigenvalue weighted by molar-refractivity contribution is 0.423. The van der Waals surface area contributed by atoms with Gasteiger partial charge in [0, 0.05) is 24.3 Å². The summed E-state index contributed by atoms with van der Waals surface area (Å²) in [4.78, 5) is 2.91. The van der Waals surface area contributed by atoms with Gasteiger partial charge in [0.05, 0.1) is 0 Å². The van der Waals surface area contributed by atoms with Crippen molar-refractivity contribution in [2.24, 2.45) is 17.6 Å². The number of anilines is 1. The molecule has 0 aromatic heterocycles. The highest BCUT2D eigenvalue weighted by atomic mass is 32.1. The van der Waals surface area contributed by atoms with Crippen LogP contribution in [-0.2, 0) is 0 Å². The van der Waals surface area contributed by atoms with E-state index in [0.29, 0.717) is 4.99 Å². The number of thiocarbonyl (C=S) groups is 1. The molecule has 1 fully saturated rings. The van der Waals surface area contributed by atoms with Crippen molar-refractivity contribution in [3.63, 3.8) is 0 Å². The first-order chi connectivity index (χ1) is 8.09. The van der Waals surface area contributed by atoms with E-state index in [2.05, 4.69) is 30.9 Å². The van der Waals surface area contributed by atoms with E-state index >= 15 is 0 Å². The van der Waals surface area contributed by atoms with Gasteiger partial charge < -0.3 is 10.6 Å². The Morgan fingerprint density at radius 2 is 2.12 bits per heavy atom. The third kappa shape index (κ3) is 2.60. The summed E-state index contributed by atoms with van der Waals surface area (Å²) in [7, 11) is 0. The Morgan fingerprint density at radius 3 is 2.71 bits per heavy atom. The average Bonchev–Trinajstić information content (AvgIpc) is 2.78. The molecule has 1 aliphatic heterocycles. The van der Waals surface area contributed by atoms with E-state index in [-0.39, 0.29) is 0 Å². The highest BCUT2D eigenvalue weighted by molar-refractivity contribution is 7.80. The Hall–Kier alpha value is -1.09. The molecule has 92 valence electrons. The lowest BCUT2D eigenvalue weighted by atomic mass is 9.95. The lowest BCUT2D eigenvalue weighted by Crippen LogP contribution is -2.24. The Balaban J connectivity index is 2.21. The van der Waals surface area contributed by atoms with Crippen molar-refractivity contribution in [2.45, 2.75) is 20.3 Å². The van der Waals surface area contributed by atoms with Crippen molar-refractivity contribution >= 4 is 22.9 Å². The first-order valence-electron chi connectivity index (χ1n) is 6.23. The molecule has 0 spiro atoms. The van der Waals surface area contributed by atoms with Crippen LogP contribution in [0.4, 0.5) is 5.69 Å². The van der Waals surface area contributed by atoms with Gasteiger partial charge in [-0.1, -0.05) is 38.2 Å². The molecule has 1 aromatic carbocycles. The maximum atomic E-state index is 5.78. The van der Waals surface area contributed by atoms with E-state index in [9.17, 15) is 0 Å². The minimum absolute atomic E-state index is 0.494.